The molecule has 0 bridgehead atoms. The Morgan fingerprint density at radius 1 is 0.939 bits per heavy atom. The van der Waals surface area contributed by atoms with Crippen LogP contribution in [0, 0.1) is 0 Å². The van der Waals surface area contributed by atoms with E-state index in [4.69, 9.17) is 0 Å². The van der Waals surface area contributed by atoms with Crippen LogP contribution in [0.5, 0.6) is 0 Å². The second-order valence-corrected chi connectivity index (χ2v) is 8.51. The Balaban J connectivity index is 1.69. The molecule has 2 aromatic carbocycles. The van der Waals surface area contributed by atoms with Crippen LogP contribution in [0.25, 0.3) is 0 Å². The van der Waals surface area contributed by atoms with Crippen molar-refractivity contribution in [3.63, 3.8) is 0 Å². The van der Waals surface area contributed by atoms with Crippen LogP contribution in [-0.2, 0) is 16.1 Å². The number of carbonyl (C=O) groups is 4. The molecule has 1 unspecified atom stereocenters. The van der Waals surface area contributed by atoms with Crippen molar-refractivity contribution in [3.8, 4) is 0 Å². The van der Waals surface area contributed by atoms with Gasteiger partial charge in [0, 0.05) is 25.6 Å². The summed E-state index contributed by atoms with van der Waals surface area (Å²) >= 11 is 0. The molecule has 33 heavy (non-hydrogen) atoms. The molecule has 2 aromatic rings. The fourth-order valence-corrected chi connectivity index (χ4v) is 4.05. The smallest absolute Gasteiger partial charge is 0.261 e. The van der Waals surface area contributed by atoms with E-state index in [-0.39, 0.29) is 42.6 Å². The molecule has 4 amide bonds. The number of benzene rings is 2. The molecule has 1 heterocycles. The lowest BCUT2D eigenvalue weighted by Gasteiger charge is -2.31. The maximum Gasteiger partial charge on any atom is 0.261 e. The summed E-state index contributed by atoms with van der Waals surface area (Å²) in [5.41, 5.74) is 1.73. The van der Waals surface area contributed by atoms with Crippen LogP contribution in [0.2, 0.25) is 0 Å². The number of amides is 4. The summed E-state index contributed by atoms with van der Waals surface area (Å²) in [4.78, 5) is 54.0. The fourth-order valence-electron chi connectivity index (χ4n) is 4.05. The molecule has 1 aliphatic rings. The van der Waals surface area contributed by atoms with Gasteiger partial charge < -0.3 is 10.2 Å². The molecule has 7 heteroatoms. The molecular formula is C26H31N3O4. The van der Waals surface area contributed by atoms with Crippen molar-refractivity contribution >= 4 is 23.6 Å². The second kappa shape index (κ2) is 10.9. The van der Waals surface area contributed by atoms with Crippen molar-refractivity contribution in [1.29, 1.82) is 0 Å². The van der Waals surface area contributed by atoms with E-state index in [1.165, 1.54) is 4.90 Å². The van der Waals surface area contributed by atoms with Gasteiger partial charge in [0.15, 0.2) is 0 Å². The van der Waals surface area contributed by atoms with Crippen molar-refractivity contribution < 1.29 is 19.2 Å². The van der Waals surface area contributed by atoms with Gasteiger partial charge in [0.1, 0.15) is 6.04 Å². The summed E-state index contributed by atoms with van der Waals surface area (Å²) in [5.74, 6) is -1.02. The van der Waals surface area contributed by atoms with Gasteiger partial charge in [-0.15, -0.1) is 0 Å². The number of nitrogens with zero attached hydrogens (tertiary/aromatic N) is 2. The predicted molar refractivity (Wildman–Crippen MR) is 125 cm³/mol. The zero-order valence-corrected chi connectivity index (χ0v) is 19.4. The van der Waals surface area contributed by atoms with Crippen LogP contribution in [0.4, 0.5) is 0 Å². The molecule has 0 aliphatic carbocycles. The second-order valence-electron chi connectivity index (χ2n) is 8.51. The molecule has 0 spiro atoms. The van der Waals surface area contributed by atoms with Gasteiger partial charge in [-0.1, -0.05) is 49.4 Å². The van der Waals surface area contributed by atoms with E-state index < -0.39 is 6.04 Å². The molecule has 1 aliphatic heterocycles. The molecule has 174 valence electrons. The van der Waals surface area contributed by atoms with E-state index in [9.17, 15) is 19.2 Å². The normalized spacial score (nSPS) is 13.8. The predicted octanol–water partition coefficient (Wildman–Crippen LogP) is 3.39. The number of nitrogens with one attached hydrogen (secondary N) is 1. The first-order valence-electron chi connectivity index (χ1n) is 11.4. The van der Waals surface area contributed by atoms with Gasteiger partial charge in [-0.2, -0.15) is 0 Å². The molecule has 1 atom stereocenters. The summed E-state index contributed by atoms with van der Waals surface area (Å²) in [5, 5.41) is 2.91. The van der Waals surface area contributed by atoms with Crippen molar-refractivity contribution in [2.75, 3.05) is 6.54 Å². The Morgan fingerprint density at radius 2 is 1.52 bits per heavy atom. The van der Waals surface area contributed by atoms with Gasteiger partial charge in [0.05, 0.1) is 11.1 Å². The highest BCUT2D eigenvalue weighted by molar-refractivity contribution is 6.21. The Kier molecular flexibility index (Phi) is 7.98. The summed E-state index contributed by atoms with van der Waals surface area (Å²) < 4.78 is 0. The zero-order chi connectivity index (χ0) is 24.0. The first kappa shape index (κ1) is 24.2. The van der Waals surface area contributed by atoms with E-state index in [2.05, 4.69) is 5.32 Å². The summed E-state index contributed by atoms with van der Waals surface area (Å²) in [7, 11) is 0. The number of carbonyl (C=O) groups excluding carboxylic acids is 4. The SMILES string of the molecule is CCC(C(=O)NC(C)C)N(Cc1ccccc1)C(=O)CCCN1C(=O)c2ccccc2C1=O. The molecule has 0 fully saturated rings. The summed E-state index contributed by atoms with van der Waals surface area (Å²) in [6.07, 6.45) is 0.944. The Labute approximate surface area is 194 Å². The topological polar surface area (TPSA) is 86.8 Å². The molecular weight excluding hydrogens is 418 g/mol. The number of hydrogen-bond donors (Lipinski definition) is 1. The highest BCUT2D eigenvalue weighted by Gasteiger charge is 2.35. The summed E-state index contributed by atoms with van der Waals surface area (Å²) in [6, 6.07) is 15.7. The minimum Gasteiger partial charge on any atom is -0.352 e. The van der Waals surface area contributed by atoms with Crippen molar-refractivity contribution in [2.45, 2.75) is 58.7 Å². The third-order valence-corrected chi connectivity index (χ3v) is 5.66. The van der Waals surface area contributed by atoms with Gasteiger partial charge in [-0.3, -0.25) is 24.1 Å². The van der Waals surface area contributed by atoms with E-state index in [0.717, 1.165) is 5.56 Å². The lowest BCUT2D eigenvalue weighted by Crippen LogP contribution is -2.50. The van der Waals surface area contributed by atoms with Crippen molar-refractivity contribution in [1.82, 2.24) is 15.1 Å². The Hall–Kier alpha value is -3.48. The minimum absolute atomic E-state index is 0.0333. The van der Waals surface area contributed by atoms with E-state index in [0.29, 0.717) is 30.5 Å². The Morgan fingerprint density at radius 3 is 2.06 bits per heavy atom. The van der Waals surface area contributed by atoms with E-state index >= 15 is 0 Å². The van der Waals surface area contributed by atoms with Crippen molar-refractivity contribution in [2.24, 2.45) is 0 Å². The maximum absolute atomic E-state index is 13.3. The van der Waals surface area contributed by atoms with E-state index in [1.54, 1.807) is 29.2 Å². The lowest BCUT2D eigenvalue weighted by atomic mass is 10.1. The largest absolute Gasteiger partial charge is 0.352 e. The standard InChI is InChI=1S/C26H31N3O4/c1-4-22(24(31)27-18(2)3)29(17-19-11-6-5-7-12-19)23(30)15-10-16-28-25(32)20-13-8-9-14-21(20)26(28)33/h5-9,11-14,18,22H,4,10,15-17H2,1-3H3,(H,27,31). The molecule has 0 saturated heterocycles. The van der Waals surface area contributed by atoms with Gasteiger partial charge in [0.2, 0.25) is 11.8 Å². The summed E-state index contributed by atoms with van der Waals surface area (Å²) in [6.45, 7) is 6.13. The van der Waals surface area contributed by atoms with Crippen LogP contribution in [-0.4, -0.2) is 52.1 Å². The first-order chi connectivity index (χ1) is 15.8. The van der Waals surface area contributed by atoms with Crippen LogP contribution in [0.1, 0.15) is 66.3 Å². The third-order valence-electron chi connectivity index (χ3n) is 5.66. The molecule has 1 N–H and O–H groups in total. The fraction of sp³-hybridized carbons (Fsp3) is 0.385. The van der Waals surface area contributed by atoms with Crippen LogP contribution in [0.3, 0.4) is 0 Å². The molecule has 7 nitrogen and oxygen atoms in total. The molecule has 0 radical (unpaired) electrons. The first-order valence-corrected chi connectivity index (χ1v) is 11.4. The van der Waals surface area contributed by atoms with Gasteiger partial charge in [0.25, 0.3) is 11.8 Å². The van der Waals surface area contributed by atoms with Crippen LogP contribution in [0.15, 0.2) is 54.6 Å². The van der Waals surface area contributed by atoms with Gasteiger partial charge >= 0.3 is 0 Å². The lowest BCUT2D eigenvalue weighted by molar-refractivity contribution is -0.141. The number of hydrogen-bond acceptors (Lipinski definition) is 4. The van der Waals surface area contributed by atoms with Crippen molar-refractivity contribution in [3.05, 3.63) is 71.3 Å². The minimum atomic E-state index is -0.598. The highest BCUT2D eigenvalue weighted by atomic mass is 16.2. The molecule has 0 aromatic heterocycles. The number of fused-ring (bicyclic) bond motifs is 1. The molecule has 3 rings (SSSR count). The maximum atomic E-state index is 13.3. The number of imide groups is 1. The average Bonchev–Trinajstić information content (AvgIpc) is 3.04. The van der Waals surface area contributed by atoms with Gasteiger partial charge in [-0.05, 0) is 44.4 Å². The van der Waals surface area contributed by atoms with Crippen LogP contribution >= 0.6 is 0 Å². The number of rotatable bonds is 10. The van der Waals surface area contributed by atoms with E-state index in [1.807, 2.05) is 51.1 Å². The zero-order valence-electron chi connectivity index (χ0n) is 19.4. The Bertz CT molecular complexity index is 984. The monoisotopic (exact) mass is 449 g/mol. The highest BCUT2D eigenvalue weighted by Crippen LogP contribution is 2.23. The molecule has 0 saturated carbocycles. The van der Waals surface area contributed by atoms with Gasteiger partial charge in [-0.25, -0.2) is 0 Å². The van der Waals surface area contributed by atoms with Crippen LogP contribution < -0.4 is 5.32 Å². The quantitative estimate of drug-likeness (QED) is 0.563. The average molecular weight is 450 g/mol. The third kappa shape index (κ3) is 5.66.